The number of ketones is 2. The second kappa shape index (κ2) is 16.3. The largest absolute Gasteiger partial charge is 0.493 e. The second-order valence-corrected chi connectivity index (χ2v) is 19.5. The van der Waals surface area contributed by atoms with E-state index in [1.807, 2.05) is 48.5 Å². The van der Waals surface area contributed by atoms with Gasteiger partial charge in [-0.1, -0.05) is 100 Å². The monoisotopic (exact) mass is 880 g/mol. The molecular weight excluding hydrogens is 829 g/mol. The standard InChI is InChI=1S/C56H52N2O8/c1-55(2)27-39-53(41(59)29-55)49(51-35-13-9-7-11-31(35)15-19-37(51)57-39)33-17-21-43(45(25-33)63-5)65-47(61)23-24-48(62)66-44-22-18-34(26-46(44)64-6)50-52-36-14-10-8-12-32(36)16-20-38(52)58-40-28-56(3,4)30-42(60)54(40)50/h7-22,25-26,49-50,57-58H,23-24,27-30H2,1-6H3. The van der Waals surface area contributed by atoms with Gasteiger partial charge in [0.15, 0.2) is 34.6 Å². The Kier molecular flexibility index (Phi) is 10.6. The van der Waals surface area contributed by atoms with Crippen LogP contribution in [0.4, 0.5) is 11.4 Å². The van der Waals surface area contributed by atoms with Crippen LogP contribution in [0.5, 0.6) is 23.0 Å². The van der Waals surface area contributed by atoms with E-state index in [0.717, 1.165) is 90.6 Å². The minimum absolute atomic E-state index is 0.102. The molecule has 2 unspecified atom stereocenters. The molecule has 66 heavy (non-hydrogen) atoms. The van der Waals surface area contributed by atoms with Crippen molar-refractivity contribution in [3.63, 3.8) is 0 Å². The lowest BCUT2D eigenvalue weighted by Gasteiger charge is -2.40. The molecule has 2 atom stereocenters. The van der Waals surface area contributed by atoms with Crippen LogP contribution in [-0.2, 0) is 19.2 Å². The molecule has 0 fully saturated rings. The Morgan fingerprint density at radius 2 is 0.939 bits per heavy atom. The zero-order chi connectivity index (χ0) is 46.1. The zero-order valence-corrected chi connectivity index (χ0v) is 38.1. The normalized spacial score (nSPS) is 19.2. The minimum Gasteiger partial charge on any atom is -0.493 e. The van der Waals surface area contributed by atoms with E-state index in [2.05, 4.69) is 86.9 Å². The van der Waals surface area contributed by atoms with E-state index in [0.29, 0.717) is 24.3 Å². The van der Waals surface area contributed by atoms with Crippen LogP contribution in [0.15, 0.2) is 132 Å². The Bertz CT molecular complexity index is 2910. The van der Waals surface area contributed by atoms with Crippen molar-refractivity contribution in [2.24, 2.45) is 10.8 Å². The molecule has 4 aliphatic rings. The molecule has 2 heterocycles. The summed E-state index contributed by atoms with van der Waals surface area (Å²) in [5.41, 5.74) is 8.57. The number of methoxy groups -OCH3 is 2. The fourth-order valence-electron chi connectivity index (χ4n) is 10.7. The molecule has 0 saturated heterocycles. The molecule has 2 aliphatic heterocycles. The number of ether oxygens (including phenoxy) is 4. The van der Waals surface area contributed by atoms with Gasteiger partial charge < -0.3 is 29.6 Å². The summed E-state index contributed by atoms with van der Waals surface area (Å²) in [6, 6.07) is 35.4. The van der Waals surface area contributed by atoms with Crippen LogP contribution in [0, 0.1) is 10.8 Å². The molecule has 2 aliphatic carbocycles. The van der Waals surface area contributed by atoms with E-state index in [1.54, 1.807) is 12.1 Å². The van der Waals surface area contributed by atoms with E-state index in [1.165, 1.54) is 14.2 Å². The summed E-state index contributed by atoms with van der Waals surface area (Å²) in [4.78, 5) is 54.7. The molecule has 0 radical (unpaired) electrons. The number of hydrogen-bond acceptors (Lipinski definition) is 10. The third kappa shape index (κ3) is 7.67. The lowest BCUT2D eigenvalue weighted by atomic mass is 9.68. The molecule has 0 bridgehead atoms. The Balaban J connectivity index is 0.873. The molecule has 0 aromatic heterocycles. The maximum Gasteiger partial charge on any atom is 0.311 e. The second-order valence-electron chi connectivity index (χ2n) is 19.5. The third-order valence-corrected chi connectivity index (χ3v) is 13.5. The first-order chi connectivity index (χ1) is 31.7. The Labute approximate surface area is 384 Å². The zero-order valence-electron chi connectivity index (χ0n) is 38.1. The van der Waals surface area contributed by atoms with Crippen LogP contribution in [0.1, 0.15) is 100 Å². The maximum atomic E-state index is 14.0. The number of allylic oxidation sites excluding steroid dienone is 4. The highest BCUT2D eigenvalue weighted by Gasteiger charge is 2.43. The first-order valence-corrected chi connectivity index (χ1v) is 22.6. The van der Waals surface area contributed by atoms with E-state index in [-0.39, 0.29) is 58.6 Å². The van der Waals surface area contributed by atoms with Gasteiger partial charge in [0.25, 0.3) is 0 Å². The number of esters is 2. The summed E-state index contributed by atoms with van der Waals surface area (Å²) in [6.45, 7) is 8.47. The maximum absolute atomic E-state index is 14.0. The number of anilines is 2. The highest BCUT2D eigenvalue weighted by molar-refractivity contribution is 6.06. The highest BCUT2D eigenvalue weighted by atomic mass is 16.6. The number of carbonyl (C=O) groups is 4. The lowest BCUT2D eigenvalue weighted by Crippen LogP contribution is -2.34. The average Bonchev–Trinajstić information content (AvgIpc) is 3.28. The van der Waals surface area contributed by atoms with Crippen LogP contribution < -0.4 is 29.6 Å². The molecule has 10 rings (SSSR count). The predicted molar refractivity (Wildman–Crippen MR) is 255 cm³/mol. The Morgan fingerprint density at radius 1 is 0.530 bits per heavy atom. The molecule has 334 valence electrons. The van der Waals surface area contributed by atoms with Gasteiger partial charge in [-0.3, -0.25) is 19.2 Å². The van der Waals surface area contributed by atoms with Gasteiger partial charge in [0.05, 0.1) is 27.1 Å². The fourth-order valence-corrected chi connectivity index (χ4v) is 10.7. The van der Waals surface area contributed by atoms with Crippen LogP contribution in [0.2, 0.25) is 0 Å². The summed E-state index contributed by atoms with van der Waals surface area (Å²) >= 11 is 0. The van der Waals surface area contributed by atoms with Gasteiger partial charge in [-0.05, 0) is 104 Å². The smallest absolute Gasteiger partial charge is 0.311 e. The van der Waals surface area contributed by atoms with E-state index in [4.69, 9.17) is 18.9 Å². The van der Waals surface area contributed by atoms with Gasteiger partial charge in [-0.2, -0.15) is 0 Å². The summed E-state index contributed by atoms with van der Waals surface area (Å²) in [6.07, 6.45) is 1.81. The molecule has 10 nitrogen and oxygen atoms in total. The number of hydrogen-bond donors (Lipinski definition) is 2. The lowest BCUT2D eigenvalue weighted by molar-refractivity contribution is -0.140. The summed E-state index contributed by atoms with van der Waals surface area (Å²) < 4.78 is 23.2. The number of nitrogens with one attached hydrogen (secondary N) is 2. The summed E-state index contributed by atoms with van der Waals surface area (Å²) in [5, 5.41) is 11.5. The fraction of sp³-hybridized carbons (Fsp3) is 0.286. The first kappa shape index (κ1) is 42.7. The highest BCUT2D eigenvalue weighted by Crippen LogP contribution is 2.53. The van der Waals surface area contributed by atoms with Crippen LogP contribution in [0.3, 0.4) is 0 Å². The predicted octanol–water partition coefficient (Wildman–Crippen LogP) is 11.7. The van der Waals surface area contributed by atoms with Gasteiger partial charge in [0.2, 0.25) is 0 Å². The van der Waals surface area contributed by atoms with Crippen LogP contribution >= 0.6 is 0 Å². The van der Waals surface area contributed by atoms with Crippen LogP contribution in [-0.4, -0.2) is 37.7 Å². The first-order valence-electron chi connectivity index (χ1n) is 22.6. The van der Waals surface area contributed by atoms with Gasteiger partial charge in [0.1, 0.15) is 0 Å². The molecule has 0 spiro atoms. The van der Waals surface area contributed by atoms with Crippen molar-refractivity contribution in [1.82, 2.24) is 0 Å². The molecular formula is C56H52N2O8. The minimum atomic E-state index is -0.644. The molecule has 6 aromatic carbocycles. The number of carbonyl (C=O) groups excluding carboxylic acids is 4. The van der Waals surface area contributed by atoms with Crippen LogP contribution in [0.25, 0.3) is 21.5 Å². The molecule has 10 heteroatoms. The number of benzene rings is 6. The Hall–Kier alpha value is -7.20. The van der Waals surface area contributed by atoms with Gasteiger partial charge >= 0.3 is 11.9 Å². The van der Waals surface area contributed by atoms with Crippen molar-refractivity contribution in [3.8, 4) is 23.0 Å². The van der Waals surface area contributed by atoms with Crippen molar-refractivity contribution >= 4 is 56.4 Å². The van der Waals surface area contributed by atoms with E-state index < -0.39 is 11.9 Å². The quantitative estimate of drug-likeness (QED) is 0.107. The van der Waals surface area contributed by atoms with Gasteiger partial charge in [-0.25, -0.2) is 0 Å². The van der Waals surface area contributed by atoms with E-state index >= 15 is 0 Å². The number of rotatable bonds is 9. The summed E-state index contributed by atoms with van der Waals surface area (Å²) in [7, 11) is 3.01. The summed E-state index contributed by atoms with van der Waals surface area (Å²) in [5.74, 6) is -0.802. The van der Waals surface area contributed by atoms with Crippen molar-refractivity contribution in [2.75, 3.05) is 24.9 Å². The SMILES string of the molecule is COc1cc(C2C3=C(CC(C)(C)CC3=O)Nc3ccc4ccccc4c32)ccc1OC(=O)CCC(=O)Oc1ccc(C2C3=C(CC(C)(C)CC3=O)Nc3ccc4ccccc4c32)cc1OC. The third-order valence-electron chi connectivity index (χ3n) is 13.5. The molecule has 6 aromatic rings. The van der Waals surface area contributed by atoms with Crippen molar-refractivity contribution in [1.29, 1.82) is 0 Å². The molecule has 2 N–H and O–H groups in total. The average molecular weight is 881 g/mol. The number of fused-ring (bicyclic) bond motifs is 6. The van der Waals surface area contributed by atoms with Crippen molar-refractivity contribution < 1.29 is 38.1 Å². The van der Waals surface area contributed by atoms with Crippen molar-refractivity contribution in [3.05, 3.63) is 154 Å². The molecule has 0 amide bonds. The Morgan fingerprint density at radius 3 is 1.35 bits per heavy atom. The van der Waals surface area contributed by atoms with Crippen molar-refractivity contribution in [2.45, 2.75) is 78.1 Å². The molecule has 0 saturated carbocycles. The van der Waals surface area contributed by atoms with Gasteiger partial charge in [-0.15, -0.1) is 0 Å². The number of Topliss-reactive ketones (excluding diaryl/α,β-unsaturated/α-hetero) is 2. The topological polar surface area (TPSA) is 129 Å². The van der Waals surface area contributed by atoms with E-state index in [9.17, 15) is 19.2 Å². The van der Waals surface area contributed by atoms with Gasteiger partial charge in [0, 0.05) is 58.6 Å².